The molecule has 0 saturated carbocycles. The fourth-order valence-electron chi connectivity index (χ4n) is 5.25. The van der Waals surface area contributed by atoms with Crippen molar-refractivity contribution in [1.82, 2.24) is 14.5 Å². The summed E-state index contributed by atoms with van der Waals surface area (Å²) < 4.78 is 31.8. The summed E-state index contributed by atoms with van der Waals surface area (Å²) in [7, 11) is 3.10. The predicted octanol–water partition coefficient (Wildman–Crippen LogP) is 5.67. The second kappa shape index (κ2) is 11.5. The molecule has 216 valence electrons. The van der Waals surface area contributed by atoms with Gasteiger partial charge in [-0.25, -0.2) is 4.39 Å². The standard InChI is InChI=1S/C33H26FN3O6/c1-41-31-16-23-26(17-32(31)42-2)35-13-12-30(23)43-22-11-8-20(36-18-22)14-29(39)25-15-24-27(4-3-5-28(24)38)37(33(25)40)21-9-6-19(34)7-10-21/h6-13,15-18H,3-5,14H2,1-2H3. The molecule has 0 aliphatic heterocycles. The predicted molar refractivity (Wildman–Crippen MR) is 156 cm³/mol. The van der Waals surface area contributed by atoms with E-state index < -0.39 is 17.2 Å². The smallest absolute Gasteiger partial charge is 0.266 e. The number of ether oxygens (including phenoxy) is 3. The molecule has 0 atom stereocenters. The Kier molecular flexibility index (Phi) is 7.41. The molecule has 5 aromatic rings. The third kappa shape index (κ3) is 5.34. The van der Waals surface area contributed by atoms with Crippen molar-refractivity contribution < 1.29 is 28.2 Å². The van der Waals surface area contributed by atoms with Crippen molar-refractivity contribution in [2.75, 3.05) is 14.2 Å². The van der Waals surface area contributed by atoms with E-state index in [1.807, 2.05) is 0 Å². The number of aromatic nitrogens is 3. The van der Waals surface area contributed by atoms with Gasteiger partial charge in [0.2, 0.25) is 0 Å². The number of methoxy groups -OCH3 is 2. The van der Waals surface area contributed by atoms with Gasteiger partial charge in [-0.1, -0.05) is 0 Å². The normalized spacial score (nSPS) is 12.6. The highest BCUT2D eigenvalue weighted by Gasteiger charge is 2.26. The molecule has 0 spiro atoms. The van der Waals surface area contributed by atoms with Crippen LogP contribution in [0.5, 0.6) is 23.0 Å². The van der Waals surface area contributed by atoms with Crippen molar-refractivity contribution >= 4 is 22.5 Å². The average molecular weight is 580 g/mol. The number of ketones is 2. The van der Waals surface area contributed by atoms with Crippen molar-refractivity contribution in [2.45, 2.75) is 25.7 Å². The summed E-state index contributed by atoms with van der Waals surface area (Å²) in [4.78, 5) is 48.5. The van der Waals surface area contributed by atoms with Crippen LogP contribution in [0.15, 0.2) is 77.9 Å². The zero-order valence-electron chi connectivity index (χ0n) is 23.4. The summed E-state index contributed by atoms with van der Waals surface area (Å²) in [5, 5.41) is 0.707. The lowest BCUT2D eigenvalue weighted by atomic mass is 9.91. The van der Waals surface area contributed by atoms with Crippen LogP contribution in [0, 0.1) is 5.82 Å². The third-order valence-electron chi connectivity index (χ3n) is 7.38. The fourth-order valence-corrected chi connectivity index (χ4v) is 5.25. The molecule has 43 heavy (non-hydrogen) atoms. The van der Waals surface area contributed by atoms with Gasteiger partial charge in [0.05, 0.1) is 37.9 Å². The Balaban J connectivity index is 1.28. The SMILES string of the molecule is COc1cc2nccc(Oc3ccc(CC(=O)c4cc5c(n(-c6ccc(F)cc6)c4=O)CCCC5=O)nc3)c2cc1OC. The van der Waals surface area contributed by atoms with E-state index in [9.17, 15) is 18.8 Å². The molecular weight excluding hydrogens is 553 g/mol. The minimum Gasteiger partial charge on any atom is -0.493 e. The summed E-state index contributed by atoms with van der Waals surface area (Å²) >= 11 is 0. The van der Waals surface area contributed by atoms with Crippen LogP contribution >= 0.6 is 0 Å². The number of nitrogens with zero attached hydrogens (tertiary/aromatic N) is 3. The largest absolute Gasteiger partial charge is 0.493 e. The minimum absolute atomic E-state index is 0.118. The van der Waals surface area contributed by atoms with Crippen LogP contribution in [-0.4, -0.2) is 40.3 Å². The molecule has 0 saturated heterocycles. The van der Waals surface area contributed by atoms with Gasteiger partial charge in [-0.05, 0) is 67.4 Å². The molecular formula is C33H26FN3O6. The van der Waals surface area contributed by atoms with E-state index in [1.54, 1.807) is 50.7 Å². The lowest BCUT2D eigenvalue weighted by Crippen LogP contribution is -2.32. The first-order chi connectivity index (χ1) is 20.9. The van der Waals surface area contributed by atoms with E-state index >= 15 is 0 Å². The number of rotatable bonds is 8. The highest BCUT2D eigenvalue weighted by Crippen LogP contribution is 2.36. The summed E-state index contributed by atoms with van der Waals surface area (Å²) in [5.41, 5.74) is 1.67. The van der Waals surface area contributed by atoms with E-state index in [2.05, 4.69) is 9.97 Å². The van der Waals surface area contributed by atoms with Gasteiger partial charge in [0.1, 0.15) is 17.3 Å². The lowest BCUT2D eigenvalue weighted by molar-refractivity contribution is 0.0971. The molecule has 9 nitrogen and oxygen atoms in total. The van der Waals surface area contributed by atoms with Crippen LogP contribution in [-0.2, 0) is 12.8 Å². The Labute approximate surface area is 245 Å². The van der Waals surface area contributed by atoms with Gasteiger partial charge >= 0.3 is 0 Å². The number of benzene rings is 2. The van der Waals surface area contributed by atoms with Crippen LogP contribution in [0.4, 0.5) is 4.39 Å². The zero-order chi connectivity index (χ0) is 30.1. The number of hydrogen-bond acceptors (Lipinski definition) is 8. The summed E-state index contributed by atoms with van der Waals surface area (Å²) in [6, 6.07) is 15.4. The first-order valence-corrected chi connectivity index (χ1v) is 13.6. The maximum Gasteiger partial charge on any atom is 0.266 e. The van der Waals surface area contributed by atoms with E-state index in [0.717, 1.165) is 0 Å². The van der Waals surface area contributed by atoms with Crippen molar-refractivity contribution in [3.8, 4) is 28.7 Å². The highest BCUT2D eigenvalue weighted by molar-refractivity contribution is 6.03. The number of fused-ring (bicyclic) bond motifs is 2. The Morgan fingerprint density at radius 3 is 2.40 bits per heavy atom. The van der Waals surface area contributed by atoms with E-state index in [-0.39, 0.29) is 17.8 Å². The van der Waals surface area contributed by atoms with Crippen LogP contribution in [0.25, 0.3) is 16.6 Å². The van der Waals surface area contributed by atoms with Crippen LogP contribution in [0.3, 0.4) is 0 Å². The average Bonchev–Trinajstić information content (AvgIpc) is 3.02. The Hall–Kier alpha value is -5.38. The van der Waals surface area contributed by atoms with Gasteiger partial charge < -0.3 is 14.2 Å². The minimum atomic E-state index is -0.554. The van der Waals surface area contributed by atoms with Gasteiger partial charge in [-0.3, -0.25) is 28.9 Å². The third-order valence-corrected chi connectivity index (χ3v) is 7.38. The van der Waals surface area contributed by atoms with Crippen LogP contribution < -0.4 is 19.8 Å². The molecule has 1 aliphatic rings. The monoisotopic (exact) mass is 579 g/mol. The number of pyridine rings is 3. The van der Waals surface area contributed by atoms with Gasteiger partial charge in [0.15, 0.2) is 23.1 Å². The van der Waals surface area contributed by atoms with Gasteiger partial charge in [0, 0.05) is 46.7 Å². The topological polar surface area (TPSA) is 110 Å². The quantitative estimate of drug-likeness (QED) is 0.216. The second-order valence-corrected chi connectivity index (χ2v) is 10.0. The van der Waals surface area contributed by atoms with Gasteiger partial charge in [-0.2, -0.15) is 0 Å². The van der Waals surface area contributed by atoms with Crippen molar-refractivity contribution in [1.29, 1.82) is 0 Å². The number of hydrogen-bond donors (Lipinski definition) is 0. The fraction of sp³-hybridized carbons (Fsp3) is 0.182. The zero-order valence-corrected chi connectivity index (χ0v) is 23.4. The van der Waals surface area contributed by atoms with Gasteiger partial charge in [-0.15, -0.1) is 0 Å². The highest BCUT2D eigenvalue weighted by atomic mass is 19.1. The van der Waals surface area contributed by atoms with Crippen molar-refractivity contribution in [2.24, 2.45) is 0 Å². The molecule has 6 rings (SSSR count). The number of carbonyl (C=O) groups excluding carboxylic acids is 2. The van der Waals surface area contributed by atoms with E-state index in [4.69, 9.17) is 14.2 Å². The molecule has 3 heterocycles. The molecule has 0 radical (unpaired) electrons. The Morgan fingerprint density at radius 2 is 1.67 bits per heavy atom. The van der Waals surface area contributed by atoms with E-state index in [1.165, 1.54) is 41.1 Å². The van der Waals surface area contributed by atoms with Crippen molar-refractivity contribution in [3.63, 3.8) is 0 Å². The summed E-state index contributed by atoms with van der Waals surface area (Å²) in [5.74, 6) is 0.956. The summed E-state index contributed by atoms with van der Waals surface area (Å²) in [6.07, 6.45) is 4.36. The Bertz CT molecular complexity index is 1930. The second-order valence-electron chi connectivity index (χ2n) is 10.0. The molecule has 0 unspecified atom stereocenters. The van der Waals surface area contributed by atoms with Crippen LogP contribution in [0.1, 0.15) is 44.9 Å². The molecule has 2 aromatic carbocycles. The first kappa shape index (κ1) is 27.8. The number of carbonyl (C=O) groups is 2. The summed E-state index contributed by atoms with van der Waals surface area (Å²) in [6.45, 7) is 0. The molecule has 0 fully saturated rings. The molecule has 0 amide bonds. The van der Waals surface area contributed by atoms with Crippen molar-refractivity contribution in [3.05, 3.63) is 112 Å². The van der Waals surface area contributed by atoms with E-state index in [0.29, 0.717) is 75.8 Å². The van der Waals surface area contributed by atoms with Gasteiger partial charge in [0.25, 0.3) is 5.56 Å². The maximum absolute atomic E-state index is 13.6. The van der Waals surface area contributed by atoms with Crippen LogP contribution in [0.2, 0.25) is 0 Å². The Morgan fingerprint density at radius 1 is 0.907 bits per heavy atom. The lowest BCUT2D eigenvalue weighted by Gasteiger charge is -2.21. The molecule has 1 aliphatic carbocycles. The maximum atomic E-state index is 13.6. The molecule has 0 N–H and O–H groups in total. The molecule has 10 heteroatoms. The molecule has 3 aromatic heterocycles. The molecule has 0 bridgehead atoms. The number of halogens is 1. The number of Topliss-reactive ketones (excluding diaryl/α,β-unsaturated/α-hetero) is 2. The first-order valence-electron chi connectivity index (χ1n) is 13.6.